The summed E-state index contributed by atoms with van der Waals surface area (Å²) in [5.74, 6) is 1.43. The van der Waals surface area contributed by atoms with Crippen LogP contribution in [0.25, 0.3) is 10.9 Å². The van der Waals surface area contributed by atoms with E-state index in [1.807, 2.05) is 24.3 Å². The van der Waals surface area contributed by atoms with Gasteiger partial charge in [0, 0.05) is 18.2 Å². The van der Waals surface area contributed by atoms with Crippen LogP contribution in [-0.2, 0) is 13.1 Å². The molecule has 2 heterocycles. The van der Waals surface area contributed by atoms with Crippen molar-refractivity contribution in [1.82, 2.24) is 15.2 Å². The molecule has 0 fully saturated rings. The SMILES string of the molecule is COc1ccc2cc(CN(CCO)C(=S)NCc3ccco3)c(=O)[nH]c2c1. The van der Waals surface area contributed by atoms with Gasteiger partial charge in [-0.3, -0.25) is 4.79 Å². The van der Waals surface area contributed by atoms with E-state index < -0.39 is 0 Å². The second-order valence-corrected chi connectivity index (χ2v) is 6.35. The van der Waals surface area contributed by atoms with E-state index >= 15 is 0 Å². The zero-order chi connectivity index (χ0) is 19.2. The second kappa shape index (κ2) is 8.70. The van der Waals surface area contributed by atoms with E-state index in [1.165, 1.54) is 0 Å². The lowest BCUT2D eigenvalue weighted by Gasteiger charge is -2.24. The molecule has 1 aromatic carbocycles. The minimum atomic E-state index is -0.201. The lowest BCUT2D eigenvalue weighted by atomic mass is 10.1. The summed E-state index contributed by atoms with van der Waals surface area (Å²) < 4.78 is 10.5. The molecule has 8 heteroatoms. The quantitative estimate of drug-likeness (QED) is 0.534. The highest BCUT2D eigenvalue weighted by Crippen LogP contribution is 2.19. The summed E-state index contributed by atoms with van der Waals surface area (Å²) in [6, 6.07) is 11.0. The Kier molecular flexibility index (Phi) is 6.10. The van der Waals surface area contributed by atoms with Crippen molar-refractivity contribution < 1.29 is 14.3 Å². The molecule has 0 amide bonds. The zero-order valence-corrected chi connectivity index (χ0v) is 15.7. The zero-order valence-electron chi connectivity index (χ0n) is 14.9. The van der Waals surface area contributed by atoms with Crippen LogP contribution in [0.4, 0.5) is 0 Å². The van der Waals surface area contributed by atoms with Crippen LogP contribution in [0.1, 0.15) is 11.3 Å². The first-order valence-electron chi connectivity index (χ1n) is 8.46. The summed E-state index contributed by atoms with van der Waals surface area (Å²) in [5, 5.41) is 13.8. The third-order valence-electron chi connectivity index (χ3n) is 4.14. The smallest absolute Gasteiger partial charge is 0.253 e. The van der Waals surface area contributed by atoms with Crippen LogP contribution in [-0.4, -0.2) is 40.4 Å². The van der Waals surface area contributed by atoms with Crippen LogP contribution in [0.5, 0.6) is 5.75 Å². The van der Waals surface area contributed by atoms with Crippen molar-refractivity contribution >= 4 is 28.2 Å². The molecule has 0 unspecified atom stereocenters. The molecule has 3 rings (SSSR count). The summed E-state index contributed by atoms with van der Waals surface area (Å²) in [5.41, 5.74) is 1.06. The number of methoxy groups -OCH3 is 1. The molecule has 0 bridgehead atoms. The molecule has 0 aliphatic heterocycles. The van der Waals surface area contributed by atoms with Crippen molar-refractivity contribution in [3.8, 4) is 5.75 Å². The van der Waals surface area contributed by atoms with Gasteiger partial charge in [-0.15, -0.1) is 0 Å². The molecule has 142 valence electrons. The highest BCUT2D eigenvalue weighted by atomic mass is 32.1. The van der Waals surface area contributed by atoms with Crippen LogP contribution in [0.3, 0.4) is 0 Å². The monoisotopic (exact) mass is 387 g/mol. The average Bonchev–Trinajstić information content (AvgIpc) is 3.19. The third kappa shape index (κ3) is 4.66. The molecule has 27 heavy (non-hydrogen) atoms. The number of H-pyrrole nitrogens is 1. The molecule has 0 aliphatic rings. The van der Waals surface area contributed by atoms with E-state index in [0.717, 1.165) is 11.1 Å². The Morgan fingerprint density at radius 1 is 1.37 bits per heavy atom. The largest absolute Gasteiger partial charge is 0.497 e. The van der Waals surface area contributed by atoms with Crippen molar-refractivity contribution in [1.29, 1.82) is 0 Å². The van der Waals surface area contributed by atoms with E-state index in [-0.39, 0.29) is 18.7 Å². The van der Waals surface area contributed by atoms with E-state index in [0.29, 0.717) is 35.0 Å². The lowest BCUT2D eigenvalue weighted by molar-refractivity contribution is 0.245. The Labute approximate surface area is 161 Å². The van der Waals surface area contributed by atoms with Gasteiger partial charge < -0.3 is 29.5 Å². The summed E-state index contributed by atoms with van der Waals surface area (Å²) in [4.78, 5) is 17.1. The number of thiocarbonyl (C=S) groups is 1. The van der Waals surface area contributed by atoms with E-state index in [4.69, 9.17) is 21.4 Å². The van der Waals surface area contributed by atoms with E-state index in [9.17, 15) is 9.90 Å². The Balaban J connectivity index is 1.77. The van der Waals surface area contributed by atoms with Gasteiger partial charge in [0.15, 0.2) is 5.11 Å². The fraction of sp³-hybridized carbons (Fsp3) is 0.263. The molecule has 3 N–H and O–H groups in total. The summed E-state index contributed by atoms with van der Waals surface area (Å²) in [7, 11) is 1.58. The van der Waals surface area contributed by atoms with Crippen molar-refractivity contribution in [2.24, 2.45) is 0 Å². The maximum Gasteiger partial charge on any atom is 0.253 e. The first-order chi connectivity index (χ1) is 13.1. The number of rotatable bonds is 7. The Morgan fingerprint density at radius 3 is 2.93 bits per heavy atom. The molecule has 0 atom stereocenters. The standard InChI is InChI=1S/C19H21N3O4S/c1-25-15-5-4-13-9-14(18(24)21-17(13)10-15)12-22(6-7-23)19(27)20-11-16-3-2-8-26-16/h2-5,8-10,23H,6-7,11-12H2,1H3,(H,20,27)(H,21,24). The normalized spacial score (nSPS) is 10.7. The van der Waals surface area contributed by atoms with Crippen LogP contribution in [0, 0.1) is 0 Å². The molecule has 2 aromatic heterocycles. The maximum atomic E-state index is 12.5. The predicted octanol–water partition coefficient (Wildman–Crippen LogP) is 2.00. The van der Waals surface area contributed by atoms with Crippen molar-refractivity contribution in [2.75, 3.05) is 20.3 Å². The molecule has 0 radical (unpaired) electrons. The number of aliphatic hydroxyl groups is 1. The van der Waals surface area contributed by atoms with Gasteiger partial charge in [0.05, 0.1) is 38.6 Å². The average molecular weight is 387 g/mol. The first kappa shape index (κ1) is 18.9. The van der Waals surface area contributed by atoms with Crippen molar-refractivity contribution in [2.45, 2.75) is 13.1 Å². The fourth-order valence-electron chi connectivity index (χ4n) is 2.74. The molecule has 0 spiro atoms. The van der Waals surface area contributed by atoms with Gasteiger partial charge in [0.2, 0.25) is 0 Å². The number of aromatic nitrogens is 1. The van der Waals surface area contributed by atoms with Crippen LogP contribution >= 0.6 is 12.2 Å². The third-order valence-corrected chi connectivity index (χ3v) is 4.54. The number of nitrogens with zero attached hydrogens (tertiary/aromatic N) is 1. The minimum Gasteiger partial charge on any atom is -0.497 e. The predicted molar refractivity (Wildman–Crippen MR) is 107 cm³/mol. The van der Waals surface area contributed by atoms with Gasteiger partial charge in [-0.1, -0.05) is 0 Å². The Morgan fingerprint density at radius 2 is 2.22 bits per heavy atom. The number of aliphatic hydroxyl groups excluding tert-OH is 1. The van der Waals surface area contributed by atoms with Crippen molar-refractivity contribution in [3.05, 3.63) is 64.3 Å². The molecule has 0 saturated carbocycles. The van der Waals surface area contributed by atoms with Crippen LogP contribution < -0.4 is 15.6 Å². The molecular weight excluding hydrogens is 366 g/mol. The summed E-state index contributed by atoms with van der Waals surface area (Å²) in [6.07, 6.45) is 1.59. The number of aromatic amines is 1. The summed E-state index contributed by atoms with van der Waals surface area (Å²) >= 11 is 5.42. The highest BCUT2D eigenvalue weighted by molar-refractivity contribution is 7.80. The molecule has 7 nitrogen and oxygen atoms in total. The summed E-state index contributed by atoms with van der Waals surface area (Å²) in [6.45, 7) is 0.943. The highest BCUT2D eigenvalue weighted by Gasteiger charge is 2.13. The van der Waals surface area contributed by atoms with Gasteiger partial charge in [-0.2, -0.15) is 0 Å². The topological polar surface area (TPSA) is 90.7 Å². The second-order valence-electron chi connectivity index (χ2n) is 5.96. The van der Waals surface area contributed by atoms with Gasteiger partial charge >= 0.3 is 0 Å². The molecule has 3 aromatic rings. The van der Waals surface area contributed by atoms with Crippen LogP contribution in [0.2, 0.25) is 0 Å². The Bertz CT molecular complexity index is 969. The molecule has 0 aliphatic carbocycles. The fourth-order valence-corrected chi connectivity index (χ4v) is 2.96. The van der Waals surface area contributed by atoms with E-state index in [2.05, 4.69) is 10.3 Å². The number of furan rings is 1. The number of fused-ring (bicyclic) bond motifs is 1. The Hall–Kier alpha value is -2.84. The number of pyridine rings is 1. The van der Waals surface area contributed by atoms with Crippen LogP contribution in [0.15, 0.2) is 51.9 Å². The number of hydrogen-bond acceptors (Lipinski definition) is 5. The molecule has 0 saturated heterocycles. The number of nitrogens with one attached hydrogen (secondary N) is 2. The van der Waals surface area contributed by atoms with Gasteiger partial charge in [-0.25, -0.2) is 0 Å². The van der Waals surface area contributed by atoms with Gasteiger partial charge in [0.25, 0.3) is 5.56 Å². The maximum absolute atomic E-state index is 12.5. The van der Waals surface area contributed by atoms with Crippen molar-refractivity contribution in [3.63, 3.8) is 0 Å². The number of benzene rings is 1. The van der Waals surface area contributed by atoms with E-state index in [1.54, 1.807) is 30.4 Å². The first-order valence-corrected chi connectivity index (χ1v) is 8.87. The minimum absolute atomic E-state index is 0.0781. The van der Waals surface area contributed by atoms with Gasteiger partial charge in [0.1, 0.15) is 11.5 Å². The van der Waals surface area contributed by atoms with Gasteiger partial charge in [-0.05, 0) is 47.9 Å². The number of ether oxygens (including phenoxy) is 1. The number of hydrogen-bond donors (Lipinski definition) is 3. The molecular formula is C19H21N3O4S. The lowest BCUT2D eigenvalue weighted by Crippen LogP contribution is -2.41.